The molecule has 0 radical (unpaired) electrons. The fourth-order valence-corrected chi connectivity index (χ4v) is 2.62. The van der Waals surface area contributed by atoms with Gasteiger partial charge in [-0.05, 0) is 32.0 Å². The highest BCUT2D eigenvalue weighted by Gasteiger charge is 2.10. The largest absolute Gasteiger partial charge is 0.487 e. The standard InChI is InChI=1S/C16H17N5O2S/c1-3-21-9-13(8-17-21)18-16(22)12-5-4-6-14(7-12)23-10-15-11(2)19-24-20-15/h4-9H,3,10H2,1-2H3,(H,18,22). The van der Waals surface area contributed by atoms with Crippen molar-refractivity contribution in [2.24, 2.45) is 0 Å². The second-order valence-corrected chi connectivity index (χ2v) is 5.68. The molecule has 2 heterocycles. The van der Waals surface area contributed by atoms with Gasteiger partial charge in [0, 0.05) is 18.3 Å². The molecule has 24 heavy (non-hydrogen) atoms. The Morgan fingerprint density at radius 1 is 1.38 bits per heavy atom. The summed E-state index contributed by atoms with van der Waals surface area (Å²) in [7, 11) is 0. The second-order valence-electron chi connectivity index (χ2n) is 5.15. The molecule has 0 aliphatic heterocycles. The van der Waals surface area contributed by atoms with E-state index in [1.165, 1.54) is 0 Å². The molecule has 1 N–H and O–H groups in total. The summed E-state index contributed by atoms with van der Waals surface area (Å²) in [6.07, 6.45) is 3.41. The molecule has 0 fully saturated rings. The third kappa shape index (κ3) is 3.77. The Balaban J connectivity index is 1.65. The first-order valence-corrected chi connectivity index (χ1v) is 8.23. The van der Waals surface area contributed by atoms with Gasteiger partial charge in [0.1, 0.15) is 18.1 Å². The molecule has 1 aromatic carbocycles. The molecule has 0 atom stereocenters. The van der Waals surface area contributed by atoms with E-state index in [1.54, 1.807) is 41.3 Å². The van der Waals surface area contributed by atoms with Crippen LogP contribution >= 0.6 is 11.7 Å². The molecule has 8 heteroatoms. The van der Waals surface area contributed by atoms with E-state index >= 15 is 0 Å². The van der Waals surface area contributed by atoms with E-state index in [0.717, 1.165) is 29.7 Å². The lowest BCUT2D eigenvalue weighted by Gasteiger charge is -2.07. The molecule has 0 unspecified atom stereocenters. The van der Waals surface area contributed by atoms with Crippen molar-refractivity contribution in [2.75, 3.05) is 5.32 Å². The average Bonchev–Trinajstić information content (AvgIpc) is 3.22. The van der Waals surface area contributed by atoms with E-state index < -0.39 is 0 Å². The van der Waals surface area contributed by atoms with Gasteiger partial charge in [0.25, 0.3) is 5.91 Å². The van der Waals surface area contributed by atoms with E-state index in [9.17, 15) is 4.79 Å². The van der Waals surface area contributed by atoms with Crippen LogP contribution in [0.1, 0.15) is 28.7 Å². The lowest BCUT2D eigenvalue weighted by atomic mass is 10.2. The van der Waals surface area contributed by atoms with Crippen LogP contribution in [-0.4, -0.2) is 24.4 Å². The Morgan fingerprint density at radius 3 is 2.96 bits per heavy atom. The molecule has 0 aliphatic rings. The summed E-state index contributed by atoms with van der Waals surface area (Å²) in [4.78, 5) is 12.3. The van der Waals surface area contributed by atoms with Crippen LogP contribution in [0.25, 0.3) is 0 Å². The van der Waals surface area contributed by atoms with Crippen LogP contribution in [0.2, 0.25) is 0 Å². The van der Waals surface area contributed by atoms with Gasteiger partial charge in [-0.1, -0.05) is 6.07 Å². The highest BCUT2D eigenvalue weighted by Crippen LogP contribution is 2.17. The number of nitrogens with one attached hydrogen (secondary N) is 1. The first-order chi connectivity index (χ1) is 11.7. The smallest absolute Gasteiger partial charge is 0.255 e. The zero-order chi connectivity index (χ0) is 16.9. The van der Waals surface area contributed by atoms with Crippen molar-refractivity contribution >= 4 is 23.3 Å². The number of ether oxygens (including phenoxy) is 1. The first-order valence-electron chi connectivity index (χ1n) is 7.50. The molecular formula is C16H17N5O2S. The first kappa shape index (κ1) is 16.1. The summed E-state index contributed by atoms with van der Waals surface area (Å²) in [5.41, 5.74) is 2.85. The van der Waals surface area contributed by atoms with E-state index in [-0.39, 0.29) is 5.91 Å². The summed E-state index contributed by atoms with van der Waals surface area (Å²) in [6.45, 7) is 4.96. The Bertz CT molecular complexity index is 842. The maximum Gasteiger partial charge on any atom is 0.255 e. The van der Waals surface area contributed by atoms with E-state index in [4.69, 9.17) is 4.74 Å². The topological polar surface area (TPSA) is 81.9 Å². The van der Waals surface area contributed by atoms with E-state index in [1.807, 2.05) is 13.8 Å². The zero-order valence-corrected chi connectivity index (χ0v) is 14.2. The van der Waals surface area contributed by atoms with Crippen LogP contribution in [-0.2, 0) is 13.2 Å². The Labute approximate surface area is 143 Å². The fourth-order valence-electron chi connectivity index (χ4n) is 2.06. The molecule has 7 nitrogen and oxygen atoms in total. The third-order valence-electron chi connectivity index (χ3n) is 3.43. The number of carbonyl (C=O) groups excluding carboxylic acids is 1. The van der Waals surface area contributed by atoms with Crippen LogP contribution in [0, 0.1) is 6.92 Å². The van der Waals surface area contributed by atoms with E-state index in [2.05, 4.69) is 19.2 Å². The number of amides is 1. The van der Waals surface area contributed by atoms with Crippen molar-refractivity contribution in [1.82, 2.24) is 18.5 Å². The Morgan fingerprint density at radius 2 is 2.25 bits per heavy atom. The number of aryl methyl sites for hydroxylation is 2. The van der Waals surface area contributed by atoms with Crippen LogP contribution in [0.5, 0.6) is 5.75 Å². The number of nitrogens with zero attached hydrogens (tertiary/aromatic N) is 4. The average molecular weight is 343 g/mol. The zero-order valence-electron chi connectivity index (χ0n) is 13.4. The normalized spacial score (nSPS) is 10.6. The lowest BCUT2D eigenvalue weighted by molar-refractivity contribution is 0.102. The monoisotopic (exact) mass is 343 g/mol. The van der Waals surface area contributed by atoms with Crippen molar-refractivity contribution in [2.45, 2.75) is 27.0 Å². The van der Waals surface area contributed by atoms with Gasteiger partial charge < -0.3 is 10.1 Å². The number of hydrogen-bond acceptors (Lipinski definition) is 6. The number of carbonyl (C=O) groups is 1. The molecule has 3 rings (SSSR count). The maximum absolute atomic E-state index is 12.3. The van der Waals surface area contributed by atoms with Gasteiger partial charge in [0.05, 0.1) is 29.3 Å². The van der Waals surface area contributed by atoms with Crippen molar-refractivity contribution in [1.29, 1.82) is 0 Å². The third-order valence-corrected chi connectivity index (χ3v) is 4.09. The summed E-state index contributed by atoms with van der Waals surface area (Å²) in [6, 6.07) is 7.03. The summed E-state index contributed by atoms with van der Waals surface area (Å²) >= 11 is 1.16. The molecule has 0 saturated carbocycles. The number of rotatable bonds is 6. The molecule has 124 valence electrons. The number of benzene rings is 1. The quantitative estimate of drug-likeness (QED) is 0.744. The highest BCUT2D eigenvalue weighted by atomic mass is 32.1. The van der Waals surface area contributed by atoms with Gasteiger partial charge >= 0.3 is 0 Å². The number of hydrogen-bond donors (Lipinski definition) is 1. The van der Waals surface area contributed by atoms with Gasteiger partial charge in [0.15, 0.2) is 0 Å². The molecule has 0 saturated heterocycles. The number of aromatic nitrogens is 4. The maximum atomic E-state index is 12.3. The predicted molar refractivity (Wildman–Crippen MR) is 91.3 cm³/mol. The minimum atomic E-state index is -0.206. The fraction of sp³-hybridized carbons (Fsp3) is 0.250. The number of anilines is 1. The van der Waals surface area contributed by atoms with Crippen molar-refractivity contribution in [3.63, 3.8) is 0 Å². The minimum absolute atomic E-state index is 0.206. The predicted octanol–water partition coefficient (Wildman–Crippen LogP) is 2.89. The van der Waals surface area contributed by atoms with E-state index in [0.29, 0.717) is 23.6 Å². The van der Waals surface area contributed by atoms with Gasteiger partial charge in [-0.3, -0.25) is 9.48 Å². The molecular weight excluding hydrogens is 326 g/mol. The molecule has 0 spiro atoms. The van der Waals surface area contributed by atoms with Crippen molar-refractivity contribution in [3.8, 4) is 5.75 Å². The Hall–Kier alpha value is -2.74. The van der Waals surface area contributed by atoms with Crippen molar-refractivity contribution < 1.29 is 9.53 Å². The second kappa shape index (κ2) is 7.22. The SMILES string of the molecule is CCn1cc(NC(=O)c2cccc(OCc3nsnc3C)c2)cn1. The Kier molecular flexibility index (Phi) is 4.85. The molecule has 0 bridgehead atoms. The summed E-state index contributed by atoms with van der Waals surface area (Å²) in [5, 5.41) is 6.95. The van der Waals surface area contributed by atoms with Gasteiger partial charge in [0.2, 0.25) is 0 Å². The van der Waals surface area contributed by atoms with Crippen LogP contribution in [0.15, 0.2) is 36.7 Å². The molecule has 0 aliphatic carbocycles. The lowest BCUT2D eigenvalue weighted by Crippen LogP contribution is -2.11. The van der Waals surface area contributed by atoms with Crippen LogP contribution in [0.3, 0.4) is 0 Å². The molecule has 2 aromatic heterocycles. The minimum Gasteiger partial charge on any atom is -0.487 e. The molecule has 3 aromatic rings. The summed E-state index contributed by atoms with van der Waals surface area (Å²) < 4.78 is 15.7. The van der Waals surface area contributed by atoms with Gasteiger partial charge in [-0.25, -0.2) is 0 Å². The summed E-state index contributed by atoms with van der Waals surface area (Å²) in [5.74, 6) is 0.405. The van der Waals surface area contributed by atoms with Crippen molar-refractivity contribution in [3.05, 3.63) is 53.6 Å². The molecule has 1 amide bonds. The van der Waals surface area contributed by atoms with Crippen LogP contribution < -0.4 is 10.1 Å². The highest BCUT2D eigenvalue weighted by molar-refractivity contribution is 6.99. The van der Waals surface area contributed by atoms with Crippen LogP contribution in [0.4, 0.5) is 5.69 Å². The van der Waals surface area contributed by atoms with Gasteiger partial charge in [-0.15, -0.1) is 0 Å². The van der Waals surface area contributed by atoms with Gasteiger partial charge in [-0.2, -0.15) is 13.8 Å².